The van der Waals surface area contributed by atoms with E-state index in [1.807, 2.05) is 18.7 Å². The van der Waals surface area contributed by atoms with Crippen molar-refractivity contribution >= 4 is 17.5 Å². The highest BCUT2D eigenvalue weighted by atomic mass is 35.5. The zero-order chi connectivity index (χ0) is 12.8. The second kappa shape index (κ2) is 6.44. The standard InChI is InChI=1S/C10H17ClN4O2/c1-4-14(5-2)8-12-9(16)15(7-6-11)10(13-8)17-3/h4-7H2,1-3H3. The van der Waals surface area contributed by atoms with Gasteiger partial charge in [-0.15, -0.1) is 11.6 Å². The zero-order valence-corrected chi connectivity index (χ0v) is 11.1. The summed E-state index contributed by atoms with van der Waals surface area (Å²) in [7, 11) is 1.47. The van der Waals surface area contributed by atoms with E-state index < -0.39 is 0 Å². The number of aromatic nitrogens is 3. The van der Waals surface area contributed by atoms with E-state index in [0.29, 0.717) is 18.4 Å². The number of hydrogen-bond acceptors (Lipinski definition) is 5. The first-order valence-electron chi connectivity index (χ1n) is 5.51. The topological polar surface area (TPSA) is 60.2 Å². The number of rotatable bonds is 6. The second-order valence-electron chi connectivity index (χ2n) is 3.31. The van der Waals surface area contributed by atoms with Gasteiger partial charge in [-0.25, -0.2) is 9.36 Å². The van der Waals surface area contributed by atoms with E-state index in [-0.39, 0.29) is 11.7 Å². The van der Waals surface area contributed by atoms with Crippen molar-refractivity contribution < 1.29 is 4.74 Å². The smallest absolute Gasteiger partial charge is 0.354 e. The fourth-order valence-corrected chi connectivity index (χ4v) is 1.65. The third-order valence-electron chi connectivity index (χ3n) is 2.39. The van der Waals surface area contributed by atoms with Crippen molar-refractivity contribution in [2.75, 3.05) is 31.0 Å². The van der Waals surface area contributed by atoms with Gasteiger partial charge in [0, 0.05) is 25.5 Å². The van der Waals surface area contributed by atoms with Crippen LogP contribution in [-0.2, 0) is 6.54 Å². The molecule has 0 aliphatic heterocycles. The van der Waals surface area contributed by atoms with Gasteiger partial charge in [-0.05, 0) is 13.8 Å². The van der Waals surface area contributed by atoms with Crippen molar-refractivity contribution in [1.29, 1.82) is 0 Å². The lowest BCUT2D eigenvalue weighted by atomic mass is 10.5. The Morgan fingerprint density at radius 3 is 2.47 bits per heavy atom. The minimum Gasteiger partial charge on any atom is -0.468 e. The maximum absolute atomic E-state index is 11.8. The van der Waals surface area contributed by atoms with Crippen LogP contribution in [-0.4, -0.2) is 40.6 Å². The average Bonchev–Trinajstić information content (AvgIpc) is 2.33. The summed E-state index contributed by atoms with van der Waals surface area (Å²) in [4.78, 5) is 21.8. The molecule has 0 aliphatic rings. The van der Waals surface area contributed by atoms with E-state index in [4.69, 9.17) is 16.3 Å². The van der Waals surface area contributed by atoms with Gasteiger partial charge < -0.3 is 9.64 Å². The van der Waals surface area contributed by atoms with Gasteiger partial charge in [0.15, 0.2) is 0 Å². The van der Waals surface area contributed by atoms with E-state index in [1.54, 1.807) is 0 Å². The number of alkyl halides is 1. The van der Waals surface area contributed by atoms with Crippen molar-refractivity contribution in [3.8, 4) is 6.01 Å². The van der Waals surface area contributed by atoms with Crippen molar-refractivity contribution in [3.63, 3.8) is 0 Å². The van der Waals surface area contributed by atoms with Crippen molar-refractivity contribution in [1.82, 2.24) is 14.5 Å². The van der Waals surface area contributed by atoms with Gasteiger partial charge in [-0.1, -0.05) is 0 Å². The molecule has 0 saturated carbocycles. The quantitative estimate of drug-likeness (QED) is 0.706. The molecular formula is C10H17ClN4O2. The predicted octanol–water partition coefficient (Wildman–Crippen LogP) is 0.732. The van der Waals surface area contributed by atoms with Crippen molar-refractivity contribution in [2.45, 2.75) is 20.4 Å². The lowest BCUT2D eigenvalue weighted by Crippen LogP contribution is -2.32. The Balaban J connectivity index is 3.21. The molecule has 0 aliphatic carbocycles. The summed E-state index contributed by atoms with van der Waals surface area (Å²) < 4.78 is 6.40. The van der Waals surface area contributed by atoms with Crippen LogP contribution in [0, 0.1) is 0 Å². The van der Waals surface area contributed by atoms with E-state index >= 15 is 0 Å². The molecular weight excluding hydrogens is 244 g/mol. The molecule has 0 amide bonds. The molecule has 0 N–H and O–H groups in total. The normalized spacial score (nSPS) is 10.4. The Kier molecular flexibility index (Phi) is 5.21. The Morgan fingerprint density at radius 1 is 1.35 bits per heavy atom. The van der Waals surface area contributed by atoms with Gasteiger partial charge in [-0.3, -0.25) is 0 Å². The third-order valence-corrected chi connectivity index (χ3v) is 2.56. The van der Waals surface area contributed by atoms with Crippen molar-refractivity contribution in [3.05, 3.63) is 10.5 Å². The largest absolute Gasteiger partial charge is 0.468 e. The molecule has 0 bridgehead atoms. The van der Waals surface area contributed by atoms with E-state index in [0.717, 1.165) is 13.1 Å². The number of halogens is 1. The molecule has 17 heavy (non-hydrogen) atoms. The van der Waals surface area contributed by atoms with E-state index in [9.17, 15) is 4.79 Å². The van der Waals surface area contributed by atoms with Crippen molar-refractivity contribution in [2.24, 2.45) is 0 Å². The number of nitrogens with zero attached hydrogens (tertiary/aromatic N) is 4. The lowest BCUT2D eigenvalue weighted by Gasteiger charge is -2.19. The summed E-state index contributed by atoms with van der Waals surface area (Å²) in [5.41, 5.74) is -0.389. The molecule has 0 radical (unpaired) electrons. The monoisotopic (exact) mass is 260 g/mol. The maximum Gasteiger partial charge on any atom is 0.354 e. The van der Waals surface area contributed by atoms with Gasteiger partial charge >= 0.3 is 11.7 Å². The van der Waals surface area contributed by atoms with Crippen LogP contribution < -0.4 is 15.3 Å². The van der Waals surface area contributed by atoms with E-state index in [2.05, 4.69) is 9.97 Å². The summed E-state index contributed by atoms with van der Waals surface area (Å²) in [5.74, 6) is 0.701. The minimum absolute atomic E-state index is 0.243. The minimum atomic E-state index is -0.389. The first-order valence-corrected chi connectivity index (χ1v) is 6.05. The first-order chi connectivity index (χ1) is 8.17. The Labute approximate surface area is 105 Å². The van der Waals surface area contributed by atoms with Crippen LogP contribution in [0.1, 0.15) is 13.8 Å². The SMILES string of the molecule is CCN(CC)c1nc(OC)n(CCCl)c(=O)n1. The molecule has 1 heterocycles. The lowest BCUT2D eigenvalue weighted by molar-refractivity contribution is 0.345. The summed E-state index contributed by atoms with van der Waals surface area (Å²) >= 11 is 5.61. The molecule has 0 unspecified atom stereocenters. The van der Waals surface area contributed by atoms with Gasteiger partial charge in [0.2, 0.25) is 5.95 Å². The second-order valence-corrected chi connectivity index (χ2v) is 3.68. The molecule has 96 valence electrons. The maximum atomic E-state index is 11.8. The van der Waals surface area contributed by atoms with Crippen LogP contribution in [0.15, 0.2) is 4.79 Å². The molecule has 0 saturated heterocycles. The molecule has 0 fully saturated rings. The molecule has 1 aromatic rings. The number of anilines is 1. The van der Waals surface area contributed by atoms with Gasteiger partial charge in [0.05, 0.1) is 7.11 Å². The van der Waals surface area contributed by atoms with Crippen LogP contribution in [0.2, 0.25) is 0 Å². The Hall–Kier alpha value is -1.30. The van der Waals surface area contributed by atoms with Crippen LogP contribution in [0.3, 0.4) is 0 Å². The Bertz CT molecular complexity index is 417. The molecule has 1 aromatic heterocycles. The van der Waals surface area contributed by atoms with Crippen LogP contribution in [0.4, 0.5) is 5.95 Å². The highest BCUT2D eigenvalue weighted by Gasteiger charge is 2.13. The number of hydrogen-bond donors (Lipinski definition) is 0. The summed E-state index contributed by atoms with van der Waals surface area (Å²) in [6.45, 7) is 5.76. The molecule has 1 rings (SSSR count). The van der Waals surface area contributed by atoms with E-state index in [1.165, 1.54) is 11.7 Å². The summed E-state index contributed by atoms with van der Waals surface area (Å²) in [6.07, 6.45) is 0. The molecule has 0 atom stereocenters. The van der Waals surface area contributed by atoms with Gasteiger partial charge in [-0.2, -0.15) is 9.97 Å². The fraction of sp³-hybridized carbons (Fsp3) is 0.700. The molecule has 0 aromatic carbocycles. The van der Waals surface area contributed by atoms with Crippen LogP contribution in [0.25, 0.3) is 0 Å². The Morgan fingerprint density at radius 2 is 2.00 bits per heavy atom. The third kappa shape index (κ3) is 3.09. The predicted molar refractivity (Wildman–Crippen MR) is 67.1 cm³/mol. The number of ether oxygens (including phenoxy) is 1. The molecule has 6 nitrogen and oxygen atoms in total. The summed E-state index contributed by atoms with van der Waals surface area (Å²) in [6, 6.07) is 0.243. The number of methoxy groups -OCH3 is 1. The fourth-order valence-electron chi connectivity index (χ4n) is 1.48. The van der Waals surface area contributed by atoms with Gasteiger partial charge in [0.1, 0.15) is 0 Å². The average molecular weight is 261 g/mol. The molecule has 7 heteroatoms. The van der Waals surface area contributed by atoms with Gasteiger partial charge in [0.25, 0.3) is 0 Å². The summed E-state index contributed by atoms with van der Waals surface area (Å²) in [5, 5.41) is 0. The van der Waals surface area contributed by atoms with Crippen LogP contribution >= 0.6 is 11.6 Å². The zero-order valence-electron chi connectivity index (χ0n) is 10.3. The first kappa shape index (κ1) is 13.8. The van der Waals surface area contributed by atoms with Crippen LogP contribution in [0.5, 0.6) is 6.01 Å². The highest BCUT2D eigenvalue weighted by molar-refractivity contribution is 6.17. The highest BCUT2D eigenvalue weighted by Crippen LogP contribution is 2.10. The molecule has 0 spiro atoms.